The first kappa shape index (κ1) is 16.3. The largest absolute Gasteiger partial charge is 0.333 e. The summed E-state index contributed by atoms with van der Waals surface area (Å²) < 4.78 is 26.5. The fraction of sp³-hybridized carbons (Fsp3) is 0.0625. The van der Waals surface area contributed by atoms with Gasteiger partial charge in [-0.05, 0) is 24.3 Å². The van der Waals surface area contributed by atoms with Crippen molar-refractivity contribution in [3.05, 3.63) is 58.1 Å². The molecule has 0 fully saturated rings. The third kappa shape index (κ3) is 3.67. The Morgan fingerprint density at radius 2 is 1.96 bits per heavy atom. The molecule has 3 aromatic rings. The van der Waals surface area contributed by atoms with Crippen molar-refractivity contribution in [2.75, 3.05) is 5.49 Å². The number of halogens is 3. The highest BCUT2D eigenvalue weighted by atomic mass is 35.5. The third-order valence-corrected chi connectivity index (χ3v) is 4.48. The molecule has 1 N–H and O–H groups in total. The Morgan fingerprint density at radius 3 is 2.70 bits per heavy atom. The quantitative estimate of drug-likeness (QED) is 0.400. The van der Waals surface area contributed by atoms with Crippen molar-refractivity contribution in [2.45, 2.75) is 5.16 Å². The van der Waals surface area contributed by atoms with Gasteiger partial charge in [-0.1, -0.05) is 35.2 Å². The second-order valence-electron chi connectivity index (χ2n) is 4.58. The van der Waals surface area contributed by atoms with E-state index in [0.717, 1.165) is 33.8 Å². The minimum absolute atomic E-state index is 0.115. The van der Waals surface area contributed by atoms with Crippen LogP contribution in [0.25, 0.3) is 11.0 Å². The maximum Gasteiger partial charge on any atom is 0.166 e. The van der Waals surface area contributed by atoms with E-state index in [2.05, 4.69) is 31.0 Å². The molecule has 0 spiro atoms. The molecule has 0 amide bonds. The van der Waals surface area contributed by atoms with Crippen LogP contribution in [0.1, 0.15) is 11.1 Å². The molecule has 0 saturated heterocycles. The summed E-state index contributed by atoms with van der Waals surface area (Å²) in [7, 11) is 2.61. The van der Waals surface area contributed by atoms with E-state index >= 15 is 0 Å². The lowest BCUT2D eigenvalue weighted by Gasteiger charge is -1.97. The maximum absolute atomic E-state index is 13.6. The Morgan fingerprint density at radius 1 is 1.17 bits per heavy atom. The van der Waals surface area contributed by atoms with E-state index in [4.69, 9.17) is 11.6 Å². The highest BCUT2D eigenvalue weighted by molar-refractivity contribution is 8.02. The number of fused-ring (bicyclic) bond motifs is 1. The number of rotatable bonds is 2. The van der Waals surface area contributed by atoms with Gasteiger partial charge in [-0.2, -0.15) is 0 Å². The zero-order chi connectivity index (χ0) is 16.4. The van der Waals surface area contributed by atoms with Crippen molar-refractivity contribution in [1.82, 2.24) is 9.97 Å². The van der Waals surface area contributed by atoms with E-state index < -0.39 is 11.6 Å². The van der Waals surface area contributed by atoms with Crippen LogP contribution in [0.4, 0.5) is 8.78 Å². The van der Waals surface area contributed by atoms with Crippen LogP contribution in [0.15, 0.2) is 35.5 Å². The smallest absolute Gasteiger partial charge is 0.166 e. The molecule has 1 atom stereocenters. The lowest BCUT2D eigenvalue weighted by atomic mass is 10.1. The van der Waals surface area contributed by atoms with Gasteiger partial charge in [0, 0.05) is 17.1 Å². The van der Waals surface area contributed by atoms with Gasteiger partial charge in [0.2, 0.25) is 0 Å². The van der Waals surface area contributed by atoms with Gasteiger partial charge in [0.1, 0.15) is 11.6 Å². The highest BCUT2D eigenvalue weighted by Crippen LogP contribution is 2.26. The molecule has 2 nitrogen and oxygen atoms in total. The number of aromatic amines is 1. The van der Waals surface area contributed by atoms with Crippen LogP contribution >= 0.6 is 32.6 Å². The number of hydrogen-bond acceptors (Lipinski definition) is 2. The summed E-state index contributed by atoms with van der Waals surface area (Å²) in [6.07, 6.45) is 0. The normalized spacial score (nSPS) is 10.6. The van der Waals surface area contributed by atoms with Crippen molar-refractivity contribution < 1.29 is 8.78 Å². The summed E-state index contributed by atoms with van der Waals surface area (Å²) in [5.41, 5.74) is 3.03. The molecule has 0 aliphatic carbocycles. The van der Waals surface area contributed by atoms with E-state index in [1.807, 2.05) is 0 Å². The molecule has 1 heterocycles. The molecule has 0 bridgehead atoms. The molecule has 7 heteroatoms. The van der Waals surface area contributed by atoms with E-state index in [-0.39, 0.29) is 5.56 Å². The number of H-pyrrole nitrogens is 1. The molecule has 1 unspecified atom stereocenters. The molecule has 116 valence electrons. The fourth-order valence-corrected chi connectivity index (χ4v) is 3.16. The first-order valence-electron chi connectivity index (χ1n) is 6.56. The molecule has 0 aliphatic rings. The molecule has 1 aromatic heterocycles. The molecular weight excluding hydrogens is 357 g/mol. The zero-order valence-electron chi connectivity index (χ0n) is 11.7. The molecule has 0 aliphatic heterocycles. The Kier molecular flexibility index (Phi) is 4.87. The number of hydrogen-bond donors (Lipinski definition) is 1. The van der Waals surface area contributed by atoms with Crippen LogP contribution in [0, 0.1) is 23.5 Å². The molecule has 3 rings (SSSR count). The van der Waals surface area contributed by atoms with Crippen molar-refractivity contribution in [3.8, 4) is 11.8 Å². The van der Waals surface area contributed by atoms with Gasteiger partial charge < -0.3 is 4.98 Å². The summed E-state index contributed by atoms with van der Waals surface area (Å²) in [6.45, 7) is 0. The fourth-order valence-electron chi connectivity index (χ4n) is 1.98. The monoisotopic (exact) mass is 366 g/mol. The second kappa shape index (κ2) is 6.88. The Bertz CT molecular complexity index is 946. The third-order valence-electron chi connectivity index (χ3n) is 3.03. The predicted molar refractivity (Wildman–Crippen MR) is 93.9 cm³/mol. The van der Waals surface area contributed by atoms with Crippen molar-refractivity contribution in [1.29, 1.82) is 0 Å². The number of nitrogens with zero attached hydrogens (tertiary/aromatic N) is 1. The standard InChI is InChI=1S/C16H10ClF2N2PS/c17-12-7-15-14(20-16(21-15)23-8-22)5-10(12)2-1-9-3-4-11(18)6-13(9)19/h3-7H,8,22H2,(H,20,21). The first-order chi connectivity index (χ1) is 11.1. The number of thioether (sulfide) groups is 1. The van der Waals surface area contributed by atoms with Crippen molar-refractivity contribution in [3.63, 3.8) is 0 Å². The summed E-state index contributed by atoms with van der Waals surface area (Å²) >= 11 is 7.76. The summed E-state index contributed by atoms with van der Waals surface area (Å²) in [4.78, 5) is 7.59. The van der Waals surface area contributed by atoms with Crippen molar-refractivity contribution >= 4 is 43.6 Å². The van der Waals surface area contributed by atoms with Gasteiger partial charge in [0.15, 0.2) is 5.16 Å². The van der Waals surface area contributed by atoms with Crippen LogP contribution in [0.3, 0.4) is 0 Å². The minimum Gasteiger partial charge on any atom is -0.333 e. The van der Waals surface area contributed by atoms with E-state index in [1.54, 1.807) is 23.9 Å². The zero-order valence-corrected chi connectivity index (χ0v) is 14.4. The summed E-state index contributed by atoms with van der Waals surface area (Å²) in [5, 5.41) is 1.24. The lowest BCUT2D eigenvalue weighted by molar-refractivity contribution is 0.581. The van der Waals surface area contributed by atoms with Gasteiger partial charge >= 0.3 is 0 Å². The van der Waals surface area contributed by atoms with Gasteiger partial charge in [0.25, 0.3) is 0 Å². The molecule has 23 heavy (non-hydrogen) atoms. The van der Waals surface area contributed by atoms with Gasteiger partial charge in [-0.3, -0.25) is 0 Å². The molecule has 0 saturated carbocycles. The summed E-state index contributed by atoms with van der Waals surface area (Å²) in [5.74, 6) is 4.15. The minimum atomic E-state index is -0.700. The second-order valence-corrected chi connectivity index (χ2v) is 6.99. The van der Waals surface area contributed by atoms with Crippen LogP contribution in [-0.4, -0.2) is 15.5 Å². The number of aromatic nitrogens is 2. The SMILES string of the molecule is Fc1ccc(C#Cc2cc3nc(SCP)[nH]c3cc2Cl)c(F)c1. The van der Waals surface area contributed by atoms with Crippen LogP contribution in [0.5, 0.6) is 0 Å². The van der Waals surface area contributed by atoms with Crippen LogP contribution < -0.4 is 0 Å². The highest BCUT2D eigenvalue weighted by Gasteiger charge is 2.07. The maximum atomic E-state index is 13.6. The van der Waals surface area contributed by atoms with Gasteiger partial charge in [-0.25, -0.2) is 13.8 Å². The Labute approximate surface area is 143 Å². The first-order valence-corrected chi connectivity index (χ1v) is 8.74. The Balaban J connectivity index is 2.00. The Hall–Kier alpha value is -1.60. The van der Waals surface area contributed by atoms with E-state index in [0.29, 0.717) is 10.6 Å². The molecule has 0 radical (unpaired) electrons. The van der Waals surface area contributed by atoms with E-state index in [9.17, 15) is 8.78 Å². The van der Waals surface area contributed by atoms with Crippen LogP contribution in [0.2, 0.25) is 5.02 Å². The van der Waals surface area contributed by atoms with Crippen molar-refractivity contribution in [2.24, 2.45) is 0 Å². The summed E-state index contributed by atoms with van der Waals surface area (Å²) in [6, 6.07) is 6.75. The topological polar surface area (TPSA) is 28.7 Å². The molecule has 2 aromatic carbocycles. The van der Waals surface area contributed by atoms with Gasteiger partial charge in [0.05, 0.1) is 21.6 Å². The average Bonchev–Trinajstić information content (AvgIpc) is 2.88. The average molecular weight is 367 g/mol. The van der Waals surface area contributed by atoms with E-state index in [1.165, 1.54) is 6.07 Å². The number of nitrogens with one attached hydrogen (secondary N) is 1. The number of imidazole rings is 1. The van der Waals surface area contributed by atoms with Crippen LogP contribution in [-0.2, 0) is 0 Å². The predicted octanol–water partition coefficient (Wildman–Crippen LogP) is 4.82. The lowest BCUT2D eigenvalue weighted by Crippen LogP contribution is -1.86. The number of benzene rings is 2. The molecular formula is C16H10ClF2N2PS. The van der Waals surface area contributed by atoms with Gasteiger partial charge in [-0.15, -0.1) is 9.24 Å².